The molecule has 0 aromatic rings. The lowest BCUT2D eigenvalue weighted by molar-refractivity contribution is -0.155. The smallest absolute Gasteiger partial charge is 0.306 e. The summed E-state index contributed by atoms with van der Waals surface area (Å²) in [6.07, 6.45) is 1.46. The highest BCUT2D eigenvalue weighted by atomic mass is 16.6. The van der Waals surface area contributed by atoms with E-state index in [2.05, 4.69) is 0 Å². The summed E-state index contributed by atoms with van der Waals surface area (Å²) in [5.41, 5.74) is 5.21. The van der Waals surface area contributed by atoms with Gasteiger partial charge < -0.3 is 10.5 Å². The van der Waals surface area contributed by atoms with Crippen LogP contribution in [-0.2, 0) is 9.53 Å². The van der Waals surface area contributed by atoms with Crippen LogP contribution in [-0.4, -0.2) is 17.6 Å². The summed E-state index contributed by atoms with van der Waals surface area (Å²) in [4.78, 5) is 11.2. The van der Waals surface area contributed by atoms with E-state index in [1.54, 1.807) is 0 Å². The molecule has 1 aliphatic carbocycles. The molecule has 3 nitrogen and oxygen atoms in total. The Labute approximate surface area is 73.3 Å². The van der Waals surface area contributed by atoms with E-state index in [1.807, 2.05) is 20.8 Å². The van der Waals surface area contributed by atoms with Crippen molar-refractivity contribution < 1.29 is 9.53 Å². The molecule has 0 radical (unpaired) electrons. The number of nitrogens with two attached hydrogens (primary N) is 1. The minimum Gasteiger partial charge on any atom is -0.460 e. The highest BCUT2D eigenvalue weighted by Crippen LogP contribution is 2.31. The summed E-state index contributed by atoms with van der Waals surface area (Å²) in [5, 5.41) is 0. The van der Waals surface area contributed by atoms with Crippen molar-refractivity contribution in [2.24, 2.45) is 11.7 Å². The van der Waals surface area contributed by atoms with Gasteiger partial charge in [-0.2, -0.15) is 0 Å². The molecule has 1 aliphatic rings. The van der Waals surface area contributed by atoms with E-state index in [9.17, 15) is 4.79 Å². The molecule has 0 unspecified atom stereocenters. The van der Waals surface area contributed by atoms with Crippen LogP contribution < -0.4 is 5.73 Å². The molecule has 0 aromatic heterocycles. The van der Waals surface area contributed by atoms with Crippen LogP contribution in [0.5, 0.6) is 0 Å². The third-order valence-electron chi connectivity index (χ3n) is 1.83. The number of hydrogen-bond donors (Lipinski definition) is 1. The average Bonchev–Trinajstić information content (AvgIpc) is 2.40. The molecule has 2 N–H and O–H groups in total. The van der Waals surface area contributed by atoms with E-state index in [0.717, 1.165) is 6.42 Å². The molecular weight excluding hydrogens is 154 g/mol. The number of carbonyl (C=O) groups is 1. The summed E-state index contributed by atoms with van der Waals surface area (Å²) >= 11 is 0. The fourth-order valence-corrected chi connectivity index (χ4v) is 1.10. The molecule has 2 atom stereocenters. The average molecular weight is 171 g/mol. The highest BCUT2D eigenvalue weighted by molar-refractivity contribution is 5.70. The van der Waals surface area contributed by atoms with Gasteiger partial charge in [0.1, 0.15) is 5.60 Å². The van der Waals surface area contributed by atoms with Crippen molar-refractivity contribution in [3.8, 4) is 0 Å². The Morgan fingerprint density at radius 1 is 1.58 bits per heavy atom. The maximum Gasteiger partial charge on any atom is 0.306 e. The normalized spacial score (nSPS) is 28.3. The number of hydrogen-bond acceptors (Lipinski definition) is 3. The third kappa shape index (κ3) is 3.22. The fraction of sp³-hybridized carbons (Fsp3) is 0.889. The first kappa shape index (κ1) is 9.52. The zero-order valence-corrected chi connectivity index (χ0v) is 7.96. The van der Waals surface area contributed by atoms with Crippen molar-refractivity contribution in [3.05, 3.63) is 0 Å². The van der Waals surface area contributed by atoms with Crippen LogP contribution in [0.4, 0.5) is 0 Å². The van der Waals surface area contributed by atoms with E-state index in [0.29, 0.717) is 12.3 Å². The highest BCUT2D eigenvalue weighted by Gasteiger charge is 2.36. The van der Waals surface area contributed by atoms with E-state index in [4.69, 9.17) is 10.5 Å². The van der Waals surface area contributed by atoms with E-state index < -0.39 is 0 Å². The van der Waals surface area contributed by atoms with Crippen LogP contribution in [0.2, 0.25) is 0 Å². The maximum absolute atomic E-state index is 11.2. The first-order valence-corrected chi connectivity index (χ1v) is 4.36. The van der Waals surface area contributed by atoms with Gasteiger partial charge >= 0.3 is 5.97 Å². The van der Waals surface area contributed by atoms with Crippen LogP contribution in [0.3, 0.4) is 0 Å². The van der Waals surface area contributed by atoms with Gasteiger partial charge in [-0.25, -0.2) is 0 Å². The molecule has 12 heavy (non-hydrogen) atoms. The standard InChI is InChI=1S/C9H17NO2/c1-9(2,3)12-8(11)5-6-4-7(6)10/h6-7H,4-5,10H2,1-3H3/t6-,7+/m0/s1. The predicted octanol–water partition coefficient (Wildman–Crippen LogP) is 1.07. The molecule has 0 saturated heterocycles. The molecule has 1 rings (SSSR count). The van der Waals surface area contributed by atoms with Crippen LogP contribution in [0.25, 0.3) is 0 Å². The first-order valence-electron chi connectivity index (χ1n) is 4.36. The van der Waals surface area contributed by atoms with Gasteiger partial charge in [0.25, 0.3) is 0 Å². The lowest BCUT2D eigenvalue weighted by Crippen LogP contribution is -2.24. The Bertz CT molecular complexity index is 183. The van der Waals surface area contributed by atoms with Crippen molar-refractivity contribution in [1.82, 2.24) is 0 Å². The Morgan fingerprint density at radius 2 is 2.08 bits per heavy atom. The third-order valence-corrected chi connectivity index (χ3v) is 1.83. The Hall–Kier alpha value is -0.570. The van der Waals surface area contributed by atoms with E-state index in [-0.39, 0.29) is 17.6 Å². The van der Waals surface area contributed by atoms with Gasteiger partial charge in [-0.1, -0.05) is 0 Å². The molecule has 0 amide bonds. The number of ether oxygens (including phenoxy) is 1. The second-order valence-corrected chi connectivity index (χ2v) is 4.45. The molecule has 3 heteroatoms. The largest absolute Gasteiger partial charge is 0.460 e. The molecule has 70 valence electrons. The first-order chi connectivity index (χ1) is 5.38. The van der Waals surface area contributed by atoms with Crippen molar-refractivity contribution in [1.29, 1.82) is 0 Å². The van der Waals surface area contributed by atoms with Crippen LogP contribution >= 0.6 is 0 Å². The molecule has 0 aliphatic heterocycles. The summed E-state index contributed by atoms with van der Waals surface area (Å²) in [6, 6.07) is 0.234. The number of carbonyl (C=O) groups excluding carboxylic acids is 1. The number of rotatable bonds is 2. The van der Waals surface area contributed by atoms with E-state index >= 15 is 0 Å². The predicted molar refractivity (Wildman–Crippen MR) is 46.5 cm³/mol. The lowest BCUT2D eigenvalue weighted by Gasteiger charge is -2.19. The molecule has 0 spiro atoms. The zero-order chi connectivity index (χ0) is 9.35. The van der Waals surface area contributed by atoms with Gasteiger partial charge in [0.05, 0.1) is 0 Å². The quantitative estimate of drug-likeness (QED) is 0.632. The van der Waals surface area contributed by atoms with Crippen molar-refractivity contribution in [3.63, 3.8) is 0 Å². The van der Waals surface area contributed by atoms with Gasteiger partial charge in [-0.15, -0.1) is 0 Å². The van der Waals surface area contributed by atoms with Gasteiger partial charge in [-0.3, -0.25) is 4.79 Å². The zero-order valence-electron chi connectivity index (χ0n) is 7.96. The molecule has 0 heterocycles. The SMILES string of the molecule is CC(C)(C)OC(=O)C[C@@H]1C[C@H]1N. The Balaban J connectivity index is 2.21. The lowest BCUT2D eigenvalue weighted by atomic mass is 10.2. The maximum atomic E-state index is 11.2. The Kier molecular flexibility index (Phi) is 2.42. The molecule has 0 bridgehead atoms. The second-order valence-electron chi connectivity index (χ2n) is 4.45. The Morgan fingerprint density at radius 3 is 2.42 bits per heavy atom. The number of esters is 1. The van der Waals surface area contributed by atoms with Crippen molar-refractivity contribution in [2.45, 2.75) is 45.3 Å². The molecule has 1 fully saturated rings. The van der Waals surface area contributed by atoms with Gasteiger partial charge in [0.2, 0.25) is 0 Å². The van der Waals surface area contributed by atoms with Crippen molar-refractivity contribution in [2.75, 3.05) is 0 Å². The monoisotopic (exact) mass is 171 g/mol. The molecular formula is C9H17NO2. The van der Waals surface area contributed by atoms with Crippen LogP contribution in [0, 0.1) is 5.92 Å². The minimum atomic E-state index is -0.365. The molecule has 1 saturated carbocycles. The van der Waals surface area contributed by atoms with Crippen LogP contribution in [0.1, 0.15) is 33.6 Å². The van der Waals surface area contributed by atoms with Gasteiger partial charge in [0, 0.05) is 12.5 Å². The summed E-state index contributed by atoms with van der Waals surface area (Å²) < 4.78 is 5.14. The van der Waals surface area contributed by atoms with Crippen molar-refractivity contribution >= 4 is 5.97 Å². The second kappa shape index (κ2) is 3.05. The fourth-order valence-electron chi connectivity index (χ4n) is 1.10. The van der Waals surface area contributed by atoms with E-state index in [1.165, 1.54) is 0 Å². The van der Waals surface area contributed by atoms with Gasteiger partial charge in [-0.05, 0) is 33.1 Å². The summed E-state index contributed by atoms with van der Waals surface area (Å²) in [7, 11) is 0. The van der Waals surface area contributed by atoms with Crippen LogP contribution in [0.15, 0.2) is 0 Å². The molecule has 0 aromatic carbocycles. The minimum absolute atomic E-state index is 0.125. The summed E-state index contributed by atoms with van der Waals surface area (Å²) in [5.74, 6) is 0.250. The topological polar surface area (TPSA) is 52.3 Å². The van der Waals surface area contributed by atoms with Gasteiger partial charge in [0.15, 0.2) is 0 Å². The summed E-state index contributed by atoms with van der Waals surface area (Å²) in [6.45, 7) is 5.62.